The fourth-order valence-electron chi connectivity index (χ4n) is 12.6. The Kier molecular flexibility index (Phi) is 12.1. The first-order valence-electron chi connectivity index (χ1n) is 28.8. The lowest BCUT2D eigenvalue weighted by molar-refractivity contribution is 1.09. The van der Waals surface area contributed by atoms with E-state index in [4.69, 9.17) is 15.0 Å². The molecule has 0 bridgehead atoms. The number of para-hydroxylation sites is 9. The maximum absolute atomic E-state index is 5.28. The zero-order valence-electron chi connectivity index (χ0n) is 46.2. The Labute approximate surface area is 491 Å². The SMILES string of the molecule is c1ccc(-n2c(-c3cc(-c4nc5ccccc5n4-c4ccccc4)cc(-c4nc5ccccc5n4-c4ccccc4)c3)nc3ccccc32)cc1.c1ccc2cc(-c3c4ccccc4c(-c4ccc5ccccc5c4)c4ccccc34)ccc2c1. The summed E-state index contributed by atoms with van der Waals surface area (Å²) in [5.74, 6) is 2.53. The van der Waals surface area contributed by atoms with Gasteiger partial charge in [0, 0.05) is 33.8 Å². The van der Waals surface area contributed by atoms with Crippen molar-refractivity contribution in [2.75, 3.05) is 0 Å². The van der Waals surface area contributed by atoms with Crippen molar-refractivity contribution in [1.82, 2.24) is 28.7 Å². The number of benzene rings is 14. The minimum Gasteiger partial charge on any atom is -0.292 e. The van der Waals surface area contributed by atoms with Crippen molar-refractivity contribution in [2.45, 2.75) is 0 Å². The van der Waals surface area contributed by atoms with Crippen LogP contribution in [0, 0.1) is 0 Å². The van der Waals surface area contributed by atoms with Crippen molar-refractivity contribution >= 4 is 76.2 Å². The van der Waals surface area contributed by atoms with Crippen molar-refractivity contribution in [2.24, 2.45) is 0 Å². The molecule has 0 aliphatic carbocycles. The molecule has 0 N–H and O–H groups in total. The zero-order chi connectivity index (χ0) is 56.2. The maximum Gasteiger partial charge on any atom is 0.145 e. The van der Waals surface area contributed by atoms with Crippen molar-refractivity contribution in [3.63, 3.8) is 0 Å². The van der Waals surface area contributed by atoms with E-state index >= 15 is 0 Å². The zero-order valence-corrected chi connectivity index (χ0v) is 46.2. The molecule has 398 valence electrons. The molecular weight excluding hydrogens is 1030 g/mol. The molecule has 0 unspecified atom stereocenters. The second-order valence-electron chi connectivity index (χ2n) is 21.5. The van der Waals surface area contributed by atoms with E-state index in [1.807, 2.05) is 36.4 Å². The van der Waals surface area contributed by atoms with E-state index in [9.17, 15) is 0 Å². The third-order valence-corrected chi connectivity index (χ3v) is 16.4. The topological polar surface area (TPSA) is 53.5 Å². The van der Waals surface area contributed by atoms with Crippen LogP contribution in [-0.2, 0) is 0 Å². The molecule has 85 heavy (non-hydrogen) atoms. The predicted octanol–water partition coefficient (Wildman–Crippen LogP) is 20.3. The van der Waals surface area contributed by atoms with E-state index in [2.05, 4.69) is 293 Å². The maximum atomic E-state index is 5.28. The Morgan fingerprint density at radius 1 is 0.200 bits per heavy atom. The average Bonchev–Trinajstić information content (AvgIpc) is 2.00. The Bertz CT molecular complexity index is 4850. The standard InChI is InChI=1S/C45H30N6.C34H22/c1-4-16-34(17-5-1)49-40-25-13-10-22-37(40)46-43(49)31-28-32(44-47-38-23-11-14-26-41(38)50(44)35-18-6-2-7-19-35)30-33(29-31)45-48-39-24-12-15-27-42(39)51(45)36-20-8-3-9-21-36;1-3-11-25-21-27(19-17-23(25)9-1)33-29-13-5-7-15-31(29)34(32-16-8-6-14-30(32)33)28-20-18-24-10-2-4-12-26(24)22-28/h1-30H;1-22H. The second kappa shape index (κ2) is 20.8. The number of nitrogens with zero attached hydrogens (tertiary/aromatic N) is 6. The first kappa shape index (κ1) is 49.4. The molecule has 0 saturated heterocycles. The summed E-state index contributed by atoms with van der Waals surface area (Å²) in [5.41, 5.74) is 17.0. The van der Waals surface area contributed by atoms with Gasteiger partial charge in [-0.05, 0) is 168 Å². The Hall–Kier alpha value is -11.5. The van der Waals surface area contributed by atoms with Gasteiger partial charge in [0.15, 0.2) is 0 Å². The van der Waals surface area contributed by atoms with Gasteiger partial charge in [-0.15, -0.1) is 0 Å². The van der Waals surface area contributed by atoms with Crippen LogP contribution >= 0.6 is 0 Å². The molecule has 3 aromatic heterocycles. The number of imidazole rings is 3. The minimum absolute atomic E-state index is 0.843. The van der Waals surface area contributed by atoms with E-state index in [0.717, 1.165) is 84.3 Å². The van der Waals surface area contributed by atoms with Crippen LogP contribution < -0.4 is 0 Å². The number of rotatable bonds is 8. The van der Waals surface area contributed by atoms with Crippen LogP contribution in [0.5, 0.6) is 0 Å². The van der Waals surface area contributed by atoms with Gasteiger partial charge in [-0.2, -0.15) is 0 Å². The van der Waals surface area contributed by atoms with Crippen LogP contribution in [0.25, 0.3) is 150 Å². The molecule has 14 aromatic carbocycles. The monoisotopic (exact) mass is 1080 g/mol. The predicted molar refractivity (Wildman–Crippen MR) is 354 cm³/mol. The van der Waals surface area contributed by atoms with E-state index in [0.29, 0.717) is 0 Å². The molecule has 0 aliphatic heterocycles. The van der Waals surface area contributed by atoms with Gasteiger partial charge in [0.05, 0.1) is 33.1 Å². The molecule has 0 spiro atoms. The molecule has 0 saturated carbocycles. The van der Waals surface area contributed by atoms with Gasteiger partial charge < -0.3 is 0 Å². The summed E-state index contributed by atoms with van der Waals surface area (Å²) < 4.78 is 6.75. The summed E-state index contributed by atoms with van der Waals surface area (Å²) in [4.78, 5) is 15.9. The molecule has 0 amide bonds. The van der Waals surface area contributed by atoms with Crippen molar-refractivity contribution in [1.29, 1.82) is 0 Å². The molecule has 0 fully saturated rings. The lowest BCUT2D eigenvalue weighted by atomic mass is 9.85. The molecule has 0 aliphatic rings. The summed E-state index contributed by atoms with van der Waals surface area (Å²) >= 11 is 0. The summed E-state index contributed by atoms with van der Waals surface area (Å²) in [6.07, 6.45) is 0. The van der Waals surface area contributed by atoms with Gasteiger partial charge in [-0.3, -0.25) is 13.7 Å². The molecule has 17 aromatic rings. The van der Waals surface area contributed by atoms with Crippen molar-refractivity contribution in [3.8, 4) is 73.5 Å². The van der Waals surface area contributed by atoms with E-state index in [-0.39, 0.29) is 0 Å². The smallest absolute Gasteiger partial charge is 0.145 e. The minimum atomic E-state index is 0.843. The number of hydrogen-bond acceptors (Lipinski definition) is 3. The summed E-state index contributed by atoms with van der Waals surface area (Å²) in [6.45, 7) is 0. The van der Waals surface area contributed by atoms with Crippen LogP contribution in [0.15, 0.2) is 315 Å². The van der Waals surface area contributed by atoms with Crippen molar-refractivity contribution < 1.29 is 0 Å². The average molecular weight is 1090 g/mol. The first-order chi connectivity index (χ1) is 42.2. The molecule has 6 heteroatoms. The lowest BCUT2D eigenvalue weighted by Crippen LogP contribution is -2.02. The van der Waals surface area contributed by atoms with Gasteiger partial charge in [-0.1, -0.05) is 212 Å². The lowest BCUT2D eigenvalue weighted by Gasteiger charge is -2.18. The number of fused-ring (bicyclic) bond motifs is 7. The fourth-order valence-corrected chi connectivity index (χ4v) is 12.6. The van der Waals surface area contributed by atoms with Crippen LogP contribution in [-0.4, -0.2) is 28.7 Å². The van der Waals surface area contributed by atoms with Crippen molar-refractivity contribution in [3.05, 3.63) is 315 Å². The van der Waals surface area contributed by atoms with Gasteiger partial charge in [0.25, 0.3) is 0 Å². The molecule has 17 rings (SSSR count). The van der Waals surface area contributed by atoms with E-state index < -0.39 is 0 Å². The molecule has 3 heterocycles. The van der Waals surface area contributed by atoms with Gasteiger partial charge in [-0.25, -0.2) is 15.0 Å². The van der Waals surface area contributed by atoms with Gasteiger partial charge in [0.2, 0.25) is 0 Å². The third kappa shape index (κ3) is 8.71. The quantitative estimate of drug-likeness (QED) is 0.143. The Balaban J connectivity index is 0.000000150. The summed E-state index contributed by atoms with van der Waals surface area (Å²) in [6, 6.07) is 112. The summed E-state index contributed by atoms with van der Waals surface area (Å²) in [7, 11) is 0. The van der Waals surface area contributed by atoms with Gasteiger partial charge >= 0.3 is 0 Å². The second-order valence-corrected chi connectivity index (χ2v) is 21.5. The number of hydrogen-bond donors (Lipinski definition) is 0. The van der Waals surface area contributed by atoms with Crippen LogP contribution in [0.3, 0.4) is 0 Å². The third-order valence-electron chi connectivity index (χ3n) is 16.4. The highest BCUT2D eigenvalue weighted by Crippen LogP contribution is 2.45. The van der Waals surface area contributed by atoms with Crippen LogP contribution in [0.1, 0.15) is 0 Å². The highest BCUT2D eigenvalue weighted by Gasteiger charge is 2.23. The van der Waals surface area contributed by atoms with E-state index in [1.165, 1.54) is 65.3 Å². The molecule has 0 radical (unpaired) electrons. The normalized spacial score (nSPS) is 11.5. The van der Waals surface area contributed by atoms with Crippen LogP contribution in [0.4, 0.5) is 0 Å². The van der Waals surface area contributed by atoms with E-state index in [1.54, 1.807) is 0 Å². The summed E-state index contributed by atoms with van der Waals surface area (Å²) in [5, 5.41) is 10.2. The Morgan fingerprint density at radius 3 is 0.800 bits per heavy atom. The largest absolute Gasteiger partial charge is 0.292 e. The van der Waals surface area contributed by atoms with Crippen LogP contribution in [0.2, 0.25) is 0 Å². The fraction of sp³-hybridized carbons (Fsp3) is 0. The highest BCUT2D eigenvalue weighted by molar-refractivity contribution is 6.22. The molecule has 0 atom stereocenters. The number of aromatic nitrogens is 6. The first-order valence-corrected chi connectivity index (χ1v) is 28.8. The molecular formula is C79H52N6. The Morgan fingerprint density at radius 2 is 0.471 bits per heavy atom. The highest BCUT2D eigenvalue weighted by atomic mass is 15.1. The van der Waals surface area contributed by atoms with Gasteiger partial charge in [0.1, 0.15) is 17.5 Å². The molecule has 6 nitrogen and oxygen atoms in total.